The first-order valence-electron chi connectivity index (χ1n) is 7.25. The van der Waals surface area contributed by atoms with E-state index in [1.54, 1.807) is 0 Å². The van der Waals surface area contributed by atoms with Crippen LogP contribution >= 0.6 is 27.3 Å². The standard InChI is InChI=1S/C15H26BrNS/c1-3-5-6-7-8-9-14(17-11-4-2)15-13(16)10-12-18-15/h10,12,14,17H,3-9,11H2,1-2H3. The van der Waals surface area contributed by atoms with Crippen molar-refractivity contribution in [3.8, 4) is 0 Å². The van der Waals surface area contributed by atoms with E-state index in [0.29, 0.717) is 6.04 Å². The molecule has 1 aromatic rings. The minimum atomic E-state index is 0.543. The van der Waals surface area contributed by atoms with Gasteiger partial charge < -0.3 is 5.32 Å². The second-order valence-electron chi connectivity index (χ2n) is 4.84. The molecule has 1 atom stereocenters. The van der Waals surface area contributed by atoms with Crippen LogP contribution in [0.25, 0.3) is 0 Å². The Labute approximate surface area is 125 Å². The molecule has 0 amide bonds. The van der Waals surface area contributed by atoms with Crippen LogP contribution in [0.1, 0.15) is 69.7 Å². The number of thiophene rings is 1. The minimum Gasteiger partial charge on any atom is -0.309 e. The van der Waals surface area contributed by atoms with Gasteiger partial charge in [0, 0.05) is 15.4 Å². The second-order valence-corrected chi connectivity index (χ2v) is 6.64. The summed E-state index contributed by atoms with van der Waals surface area (Å²) in [7, 11) is 0. The van der Waals surface area contributed by atoms with Crippen molar-refractivity contribution in [3.05, 3.63) is 20.8 Å². The smallest absolute Gasteiger partial charge is 0.0426 e. The number of nitrogens with one attached hydrogen (secondary N) is 1. The van der Waals surface area contributed by atoms with E-state index in [2.05, 4.69) is 46.5 Å². The molecule has 1 N–H and O–H groups in total. The van der Waals surface area contributed by atoms with Gasteiger partial charge in [-0.1, -0.05) is 46.0 Å². The molecule has 0 bridgehead atoms. The maximum atomic E-state index is 3.68. The third-order valence-electron chi connectivity index (χ3n) is 3.20. The third-order valence-corrected chi connectivity index (χ3v) is 5.18. The molecule has 0 aliphatic carbocycles. The van der Waals surface area contributed by atoms with Gasteiger partial charge >= 0.3 is 0 Å². The average molecular weight is 332 g/mol. The number of unbranched alkanes of at least 4 members (excludes halogenated alkanes) is 4. The lowest BCUT2D eigenvalue weighted by Crippen LogP contribution is -2.21. The van der Waals surface area contributed by atoms with Crippen LogP contribution in [0.3, 0.4) is 0 Å². The number of hydrogen-bond donors (Lipinski definition) is 1. The molecular weight excluding hydrogens is 306 g/mol. The van der Waals surface area contributed by atoms with E-state index in [-0.39, 0.29) is 0 Å². The zero-order valence-electron chi connectivity index (χ0n) is 11.7. The molecule has 104 valence electrons. The largest absolute Gasteiger partial charge is 0.309 e. The lowest BCUT2D eigenvalue weighted by Gasteiger charge is -2.18. The highest BCUT2D eigenvalue weighted by atomic mass is 79.9. The average Bonchev–Trinajstić information content (AvgIpc) is 2.79. The second kappa shape index (κ2) is 9.99. The normalized spacial score (nSPS) is 12.8. The Balaban J connectivity index is 2.39. The highest BCUT2D eigenvalue weighted by Gasteiger charge is 2.14. The van der Waals surface area contributed by atoms with E-state index in [0.717, 1.165) is 6.54 Å². The van der Waals surface area contributed by atoms with Gasteiger partial charge in [-0.25, -0.2) is 0 Å². The molecule has 0 fully saturated rings. The zero-order chi connectivity index (χ0) is 13.2. The fraction of sp³-hybridized carbons (Fsp3) is 0.733. The van der Waals surface area contributed by atoms with Crippen LogP contribution in [0.15, 0.2) is 15.9 Å². The van der Waals surface area contributed by atoms with Gasteiger partial charge in [0.25, 0.3) is 0 Å². The minimum absolute atomic E-state index is 0.543. The Morgan fingerprint density at radius 2 is 1.94 bits per heavy atom. The van der Waals surface area contributed by atoms with Gasteiger partial charge in [0.2, 0.25) is 0 Å². The van der Waals surface area contributed by atoms with Crippen molar-refractivity contribution in [2.24, 2.45) is 0 Å². The summed E-state index contributed by atoms with van der Waals surface area (Å²) in [5.74, 6) is 0. The van der Waals surface area contributed by atoms with E-state index >= 15 is 0 Å². The molecule has 3 heteroatoms. The van der Waals surface area contributed by atoms with Crippen molar-refractivity contribution >= 4 is 27.3 Å². The van der Waals surface area contributed by atoms with Crippen LogP contribution in [0.2, 0.25) is 0 Å². The lowest BCUT2D eigenvalue weighted by atomic mass is 10.1. The lowest BCUT2D eigenvalue weighted by molar-refractivity contribution is 0.472. The van der Waals surface area contributed by atoms with Gasteiger partial charge in [0.05, 0.1) is 0 Å². The molecule has 0 radical (unpaired) electrons. The SMILES string of the molecule is CCCCCCCC(NCCC)c1sccc1Br. The van der Waals surface area contributed by atoms with Crippen LogP contribution in [0.4, 0.5) is 0 Å². The Kier molecular flexibility index (Phi) is 8.99. The molecule has 1 heterocycles. The molecule has 18 heavy (non-hydrogen) atoms. The highest BCUT2D eigenvalue weighted by Crippen LogP contribution is 2.32. The predicted molar refractivity (Wildman–Crippen MR) is 86.4 cm³/mol. The Morgan fingerprint density at radius 3 is 2.56 bits per heavy atom. The quantitative estimate of drug-likeness (QED) is 0.525. The van der Waals surface area contributed by atoms with E-state index in [9.17, 15) is 0 Å². The van der Waals surface area contributed by atoms with Crippen molar-refractivity contribution < 1.29 is 0 Å². The van der Waals surface area contributed by atoms with Crippen molar-refractivity contribution in [2.75, 3.05) is 6.54 Å². The Morgan fingerprint density at radius 1 is 1.17 bits per heavy atom. The molecular formula is C15H26BrNS. The zero-order valence-corrected chi connectivity index (χ0v) is 14.1. The summed E-state index contributed by atoms with van der Waals surface area (Å²) in [6.07, 6.45) is 9.29. The van der Waals surface area contributed by atoms with Gasteiger partial charge in [-0.05, 0) is 46.8 Å². The highest BCUT2D eigenvalue weighted by molar-refractivity contribution is 9.10. The first-order chi connectivity index (χ1) is 8.79. The van der Waals surface area contributed by atoms with Crippen LogP contribution in [-0.4, -0.2) is 6.54 Å². The van der Waals surface area contributed by atoms with Gasteiger partial charge in [0.1, 0.15) is 0 Å². The van der Waals surface area contributed by atoms with Crippen LogP contribution in [0, 0.1) is 0 Å². The topological polar surface area (TPSA) is 12.0 Å². The van der Waals surface area contributed by atoms with E-state index in [1.165, 1.54) is 54.3 Å². The summed E-state index contributed by atoms with van der Waals surface area (Å²) in [6, 6.07) is 2.71. The molecule has 1 rings (SSSR count). The molecule has 0 saturated heterocycles. The Bertz CT molecular complexity index is 311. The van der Waals surface area contributed by atoms with Crippen molar-refractivity contribution in [1.29, 1.82) is 0 Å². The van der Waals surface area contributed by atoms with Crippen LogP contribution in [0.5, 0.6) is 0 Å². The van der Waals surface area contributed by atoms with E-state index in [4.69, 9.17) is 0 Å². The van der Waals surface area contributed by atoms with Gasteiger partial charge in [-0.2, -0.15) is 0 Å². The Hall–Kier alpha value is 0.140. The fourth-order valence-electron chi connectivity index (χ4n) is 2.15. The summed E-state index contributed by atoms with van der Waals surface area (Å²) < 4.78 is 1.27. The maximum absolute atomic E-state index is 3.68. The monoisotopic (exact) mass is 331 g/mol. The fourth-order valence-corrected chi connectivity index (χ4v) is 3.91. The molecule has 1 unspecified atom stereocenters. The molecule has 0 aliphatic rings. The first kappa shape index (κ1) is 16.2. The molecule has 0 saturated carbocycles. The predicted octanol–water partition coefficient (Wildman–Crippen LogP) is 5.91. The summed E-state index contributed by atoms with van der Waals surface area (Å²) in [6.45, 7) is 5.62. The maximum Gasteiger partial charge on any atom is 0.0426 e. The van der Waals surface area contributed by atoms with E-state index < -0.39 is 0 Å². The molecule has 1 nitrogen and oxygen atoms in total. The van der Waals surface area contributed by atoms with Crippen LogP contribution in [-0.2, 0) is 0 Å². The third kappa shape index (κ3) is 5.85. The summed E-state index contributed by atoms with van der Waals surface area (Å²) in [4.78, 5) is 1.47. The number of hydrogen-bond acceptors (Lipinski definition) is 2. The van der Waals surface area contributed by atoms with Crippen LogP contribution < -0.4 is 5.32 Å². The molecule has 0 spiro atoms. The van der Waals surface area contributed by atoms with Crippen molar-refractivity contribution in [2.45, 2.75) is 64.8 Å². The summed E-state index contributed by atoms with van der Waals surface area (Å²) >= 11 is 5.53. The van der Waals surface area contributed by atoms with Gasteiger partial charge in [-0.15, -0.1) is 11.3 Å². The van der Waals surface area contributed by atoms with Crippen molar-refractivity contribution in [1.82, 2.24) is 5.32 Å². The number of halogens is 1. The molecule has 0 aromatic carbocycles. The van der Waals surface area contributed by atoms with Gasteiger partial charge in [0.15, 0.2) is 0 Å². The van der Waals surface area contributed by atoms with Gasteiger partial charge in [-0.3, -0.25) is 0 Å². The summed E-state index contributed by atoms with van der Waals surface area (Å²) in [5, 5.41) is 5.86. The van der Waals surface area contributed by atoms with E-state index in [1.807, 2.05) is 11.3 Å². The van der Waals surface area contributed by atoms with Crippen molar-refractivity contribution in [3.63, 3.8) is 0 Å². The molecule has 1 aromatic heterocycles. The summed E-state index contributed by atoms with van der Waals surface area (Å²) in [5.41, 5.74) is 0. The number of rotatable bonds is 10. The molecule has 0 aliphatic heterocycles. The first-order valence-corrected chi connectivity index (χ1v) is 8.93.